The molecule has 1 N–H and O–H groups in total. The molecular formula is C53H62N7O8P. The first kappa shape index (κ1) is 49.3. The summed E-state index contributed by atoms with van der Waals surface area (Å²) in [5.74, 6) is 1.50. The average molecular weight is 956 g/mol. The van der Waals surface area contributed by atoms with Crippen molar-refractivity contribution < 1.29 is 37.5 Å². The van der Waals surface area contributed by atoms with Gasteiger partial charge in [0.1, 0.15) is 35.3 Å². The number of carbonyl (C=O) groups is 1. The van der Waals surface area contributed by atoms with E-state index in [0.29, 0.717) is 29.3 Å². The molecule has 3 heterocycles. The van der Waals surface area contributed by atoms with Gasteiger partial charge in [-0.05, 0) is 98.2 Å². The molecule has 15 nitrogen and oxygen atoms in total. The van der Waals surface area contributed by atoms with E-state index in [1.54, 1.807) is 14.2 Å². The van der Waals surface area contributed by atoms with E-state index in [-0.39, 0.29) is 61.5 Å². The Hall–Kier alpha value is -6.14. The van der Waals surface area contributed by atoms with Crippen LogP contribution in [0.2, 0.25) is 0 Å². The molecule has 8 rings (SSSR count). The molecule has 0 radical (unpaired) electrons. The molecule has 1 aliphatic carbocycles. The monoisotopic (exact) mass is 955 g/mol. The molecule has 2 aliphatic rings. The number of nitriles is 1. The van der Waals surface area contributed by atoms with Gasteiger partial charge in [0, 0.05) is 18.0 Å². The summed E-state index contributed by atoms with van der Waals surface area (Å²) >= 11 is 0. The van der Waals surface area contributed by atoms with Crippen molar-refractivity contribution in [3.63, 3.8) is 0 Å². The van der Waals surface area contributed by atoms with Crippen LogP contribution in [0.25, 0.3) is 11.2 Å². The highest BCUT2D eigenvalue weighted by Gasteiger charge is 2.55. The predicted molar refractivity (Wildman–Crippen MR) is 264 cm³/mol. The van der Waals surface area contributed by atoms with E-state index < -0.39 is 32.2 Å². The molecule has 1 unspecified atom stereocenters. The van der Waals surface area contributed by atoms with Gasteiger partial charge in [-0.3, -0.25) is 9.36 Å². The van der Waals surface area contributed by atoms with Crippen LogP contribution in [-0.2, 0) is 29.6 Å². The molecule has 0 saturated heterocycles. The third-order valence-corrected chi connectivity index (χ3v) is 14.8. The zero-order valence-corrected chi connectivity index (χ0v) is 41.7. The molecule has 1 amide bonds. The number of nitrogens with one attached hydrogen (secondary N) is 1. The number of hydrogen-bond acceptors (Lipinski definition) is 13. The van der Waals surface area contributed by atoms with Crippen molar-refractivity contribution in [3.05, 3.63) is 132 Å². The molecule has 0 spiro atoms. The maximum absolute atomic E-state index is 13.3. The van der Waals surface area contributed by atoms with Crippen LogP contribution in [-0.4, -0.2) is 88.4 Å². The van der Waals surface area contributed by atoms with E-state index in [4.69, 9.17) is 42.7 Å². The van der Waals surface area contributed by atoms with Gasteiger partial charge in [-0.25, -0.2) is 14.6 Å². The summed E-state index contributed by atoms with van der Waals surface area (Å²) in [5.41, 5.74) is 3.64. The Kier molecular flexibility index (Phi) is 15.2. The minimum atomic E-state index is -1.65. The largest absolute Gasteiger partial charge is 0.497 e. The molecule has 362 valence electrons. The highest BCUT2D eigenvalue weighted by molar-refractivity contribution is 7.44. The molecule has 5 atom stereocenters. The molecule has 16 heteroatoms. The van der Waals surface area contributed by atoms with Crippen LogP contribution in [0.5, 0.6) is 23.3 Å². The lowest BCUT2D eigenvalue weighted by Crippen LogP contribution is -2.40. The van der Waals surface area contributed by atoms with E-state index in [1.165, 1.54) is 11.9 Å². The zero-order chi connectivity index (χ0) is 48.9. The maximum atomic E-state index is 13.3. The van der Waals surface area contributed by atoms with Gasteiger partial charge >= 0.3 is 0 Å². The van der Waals surface area contributed by atoms with E-state index >= 15 is 0 Å². The van der Waals surface area contributed by atoms with Crippen LogP contribution in [0.4, 0.5) is 5.82 Å². The van der Waals surface area contributed by atoms with Gasteiger partial charge in [-0.1, -0.05) is 87.5 Å². The summed E-state index contributed by atoms with van der Waals surface area (Å²) in [6.07, 6.45) is 1.23. The van der Waals surface area contributed by atoms with E-state index in [1.807, 2.05) is 95.6 Å². The number of aromatic nitrogens is 4. The quantitative estimate of drug-likeness (QED) is 0.0437. The van der Waals surface area contributed by atoms with Crippen molar-refractivity contribution in [2.24, 2.45) is 5.92 Å². The first-order valence-corrected chi connectivity index (χ1v) is 24.5. The summed E-state index contributed by atoms with van der Waals surface area (Å²) in [5, 5.41) is 12.4. The number of nitrogens with zero attached hydrogens (tertiary/aromatic N) is 6. The number of ether oxygens (including phenoxy) is 5. The van der Waals surface area contributed by atoms with Crippen molar-refractivity contribution >= 4 is 31.4 Å². The zero-order valence-electron chi connectivity index (χ0n) is 40.8. The fourth-order valence-electron chi connectivity index (χ4n) is 9.34. The lowest BCUT2D eigenvalue weighted by Gasteiger charge is -2.39. The minimum Gasteiger partial charge on any atom is -0.497 e. The smallest absolute Gasteiger partial charge is 0.299 e. The number of hydrogen-bond donors (Lipinski definition) is 1. The Balaban J connectivity index is 1.14. The van der Waals surface area contributed by atoms with Crippen molar-refractivity contribution in [1.29, 1.82) is 5.26 Å². The topological polar surface area (TPSA) is 164 Å². The minimum absolute atomic E-state index is 0.00707. The SMILES string of the molecule is COc1ccc(C(OC[C@@H]2[C@@H]3Oc4nc5c(NC(=O)COc6ccc(C(C)(C)C)cc6)ncnc5n4[C@@H]3C[C@H]2OP(OCCC#N)N(C(C)C)C(C)C)(c2ccccc2)c2ccc(OC)cc2)cc1. The molecule has 2 aromatic heterocycles. The van der Waals surface area contributed by atoms with Crippen LogP contribution in [0.15, 0.2) is 109 Å². The highest BCUT2D eigenvalue weighted by Crippen LogP contribution is 2.55. The van der Waals surface area contributed by atoms with Crippen molar-refractivity contribution in [2.45, 2.75) is 103 Å². The number of benzene rings is 4. The number of methoxy groups -OCH3 is 2. The second-order valence-corrected chi connectivity index (χ2v) is 20.2. The van der Waals surface area contributed by atoms with Crippen LogP contribution >= 0.6 is 8.53 Å². The third kappa shape index (κ3) is 10.4. The molecule has 1 aliphatic heterocycles. The number of rotatable bonds is 20. The Morgan fingerprint density at radius 2 is 1.45 bits per heavy atom. The van der Waals surface area contributed by atoms with E-state index in [2.05, 4.69) is 81.6 Å². The number of carbonyl (C=O) groups excluding carboxylic acids is 1. The summed E-state index contributed by atoms with van der Waals surface area (Å²) in [6.45, 7) is 15.1. The standard InChI is InChI=1S/C53H62N7O8P/c1-34(2)60(35(3)4)69(66-29-13-28-54)68-45-30-44-48(67-51-58-47-49(55-33-56-50(47)59(44)51)57-46(61)32-64-42-26-16-36(17-27-42)52(5,6)7)43(45)31-65-53(37-14-11-10-12-15-37,38-18-22-40(62-8)23-19-38)39-20-24-41(63-9)25-21-39/h10-12,14-27,33-35,43-45,48H,13,29-32H2,1-9H3,(H,55,56,57,61)/t43-,44+,45+,48-,69?/m0/s1. The molecule has 1 saturated carbocycles. The van der Waals surface area contributed by atoms with Crippen LogP contribution in [0.3, 0.4) is 0 Å². The lowest BCUT2D eigenvalue weighted by atomic mass is 9.79. The van der Waals surface area contributed by atoms with Gasteiger partial charge in [-0.2, -0.15) is 10.2 Å². The molecule has 4 aromatic carbocycles. The van der Waals surface area contributed by atoms with Crippen molar-refractivity contribution in [2.75, 3.05) is 39.4 Å². The first-order valence-electron chi connectivity index (χ1n) is 23.4. The molecule has 0 bridgehead atoms. The highest BCUT2D eigenvalue weighted by atomic mass is 31.2. The molecular weight excluding hydrogens is 894 g/mol. The Bertz CT molecular complexity index is 2650. The van der Waals surface area contributed by atoms with E-state index in [9.17, 15) is 10.1 Å². The first-order chi connectivity index (χ1) is 33.2. The second-order valence-electron chi connectivity index (χ2n) is 18.8. The summed E-state index contributed by atoms with van der Waals surface area (Å²) in [6, 6.07) is 36.2. The summed E-state index contributed by atoms with van der Waals surface area (Å²) < 4.78 is 49.4. The number of fused-ring (bicyclic) bond motifs is 5. The maximum Gasteiger partial charge on any atom is 0.299 e. The number of anilines is 1. The van der Waals surface area contributed by atoms with Crippen LogP contribution in [0.1, 0.15) is 89.6 Å². The van der Waals surface area contributed by atoms with Gasteiger partial charge < -0.3 is 38.0 Å². The molecule has 69 heavy (non-hydrogen) atoms. The van der Waals surface area contributed by atoms with Crippen molar-refractivity contribution in [3.8, 4) is 29.3 Å². The Morgan fingerprint density at radius 3 is 2.03 bits per heavy atom. The van der Waals surface area contributed by atoms with Gasteiger partial charge in [-0.15, -0.1) is 0 Å². The van der Waals surface area contributed by atoms with Gasteiger partial charge in [0.15, 0.2) is 23.6 Å². The van der Waals surface area contributed by atoms with Crippen LogP contribution in [0, 0.1) is 17.2 Å². The lowest BCUT2D eigenvalue weighted by molar-refractivity contribution is -0.118. The van der Waals surface area contributed by atoms with E-state index in [0.717, 1.165) is 28.2 Å². The number of imidazole rings is 1. The average Bonchev–Trinajstić information content (AvgIpc) is 4.00. The Morgan fingerprint density at radius 1 is 0.855 bits per heavy atom. The van der Waals surface area contributed by atoms with Crippen molar-refractivity contribution in [1.82, 2.24) is 24.2 Å². The summed E-state index contributed by atoms with van der Waals surface area (Å²) in [7, 11) is 1.65. The fourth-order valence-corrected chi connectivity index (χ4v) is 11.1. The van der Waals surface area contributed by atoms with Gasteiger partial charge in [0.25, 0.3) is 20.4 Å². The van der Waals surface area contributed by atoms with Gasteiger partial charge in [0.05, 0.1) is 52.1 Å². The normalized spacial score (nSPS) is 18.2. The van der Waals surface area contributed by atoms with Gasteiger partial charge in [0.2, 0.25) is 0 Å². The second kappa shape index (κ2) is 21.2. The fraction of sp³-hybridized carbons (Fsp3) is 0.415. The van der Waals surface area contributed by atoms with Crippen LogP contribution < -0.4 is 24.3 Å². The molecule has 1 fully saturated rings. The third-order valence-electron chi connectivity index (χ3n) is 12.7. The molecule has 6 aromatic rings. The summed E-state index contributed by atoms with van der Waals surface area (Å²) in [4.78, 5) is 27.4. The Labute approximate surface area is 406 Å². The predicted octanol–water partition coefficient (Wildman–Crippen LogP) is 10.2. The number of amides is 1.